The summed E-state index contributed by atoms with van der Waals surface area (Å²) in [5.74, 6) is -0.878. The van der Waals surface area contributed by atoms with Crippen LogP contribution in [0.1, 0.15) is 22.8 Å². The second-order valence-corrected chi connectivity index (χ2v) is 6.55. The molecule has 2 aromatic rings. The third-order valence-corrected chi connectivity index (χ3v) is 4.48. The van der Waals surface area contributed by atoms with Gasteiger partial charge in [-0.15, -0.1) is 0 Å². The second kappa shape index (κ2) is 6.70. The van der Waals surface area contributed by atoms with Crippen LogP contribution in [-0.4, -0.2) is 26.1 Å². The first kappa shape index (κ1) is 16.8. The van der Waals surface area contributed by atoms with Gasteiger partial charge in [0.05, 0.1) is 22.8 Å². The highest BCUT2D eigenvalue weighted by Crippen LogP contribution is 2.28. The molecule has 7 heteroatoms. The molecule has 2 aromatic carbocycles. The van der Waals surface area contributed by atoms with Gasteiger partial charge < -0.3 is 9.84 Å². The number of aryl methyl sites for hydroxylation is 1. The smallest absolute Gasteiger partial charge is 0.335 e. The van der Waals surface area contributed by atoms with Gasteiger partial charge in [-0.1, -0.05) is 17.7 Å². The fraction of sp³-hybridized carbons (Fsp3) is 0.188. The van der Waals surface area contributed by atoms with Crippen molar-refractivity contribution >= 4 is 21.7 Å². The minimum Gasteiger partial charge on any atom is -0.492 e. The van der Waals surface area contributed by atoms with Gasteiger partial charge in [0.1, 0.15) is 5.75 Å². The van der Waals surface area contributed by atoms with Crippen molar-refractivity contribution in [2.75, 3.05) is 11.3 Å². The summed E-state index contributed by atoms with van der Waals surface area (Å²) >= 11 is 0. The zero-order valence-corrected chi connectivity index (χ0v) is 13.6. The molecule has 0 radical (unpaired) electrons. The van der Waals surface area contributed by atoms with Crippen molar-refractivity contribution in [3.63, 3.8) is 0 Å². The van der Waals surface area contributed by atoms with Crippen molar-refractivity contribution in [2.45, 2.75) is 18.7 Å². The van der Waals surface area contributed by atoms with E-state index in [-0.39, 0.29) is 21.9 Å². The Labute approximate surface area is 134 Å². The SMILES string of the molecule is CCOc1ccc(C(=O)O)cc1NS(=O)(=O)c1ccc(C)cc1. The fourth-order valence-corrected chi connectivity index (χ4v) is 3.01. The Morgan fingerprint density at radius 2 is 1.83 bits per heavy atom. The van der Waals surface area contributed by atoms with E-state index in [2.05, 4.69) is 4.72 Å². The average Bonchev–Trinajstić information content (AvgIpc) is 2.49. The summed E-state index contributed by atoms with van der Waals surface area (Å²) in [4.78, 5) is 11.2. The summed E-state index contributed by atoms with van der Waals surface area (Å²) in [6, 6.07) is 10.4. The van der Waals surface area contributed by atoms with E-state index in [4.69, 9.17) is 9.84 Å². The first-order valence-corrected chi connectivity index (χ1v) is 8.41. The van der Waals surface area contributed by atoms with Crippen LogP contribution in [-0.2, 0) is 10.0 Å². The zero-order chi connectivity index (χ0) is 17.0. The van der Waals surface area contributed by atoms with Gasteiger partial charge in [-0.05, 0) is 44.2 Å². The minimum absolute atomic E-state index is 0.0324. The van der Waals surface area contributed by atoms with Crippen LogP contribution in [0.15, 0.2) is 47.4 Å². The largest absolute Gasteiger partial charge is 0.492 e. The lowest BCUT2D eigenvalue weighted by atomic mass is 10.2. The predicted octanol–water partition coefficient (Wildman–Crippen LogP) is 2.89. The van der Waals surface area contributed by atoms with Gasteiger partial charge in [-0.25, -0.2) is 13.2 Å². The standard InChI is InChI=1S/C16H17NO5S/c1-3-22-15-9-6-12(16(18)19)10-14(15)17-23(20,21)13-7-4-11(2)5-8-13/h4-10,17H,3H2,1-2H3,(H,18,19). The van der Waals surface area contributed by atoms with E-state index in [1.54, 1.807) is 19.1 Å². The molecule has 0 bridgehead atoms. The monoisotopic (exact) mass is 335 g/mol. The molecule has 0 aliphatic heterocycles. The van der Waals surface area contributed by atoms with E-state index in [9.17, 15) is 13.2 Å². The van der Waals surface area contributed by atoms with Crippen LogP contribution in [0.4, 0.5) is 5.69 Å². The second-order valence-electron chi connectivity index (χ2n) is 4.87. The summed E-state index contributed by atoms with van der Waals surface area (Å²) in [6.07, 6.45) is 0. The van der Waals surface area contributed by atoms with Gasteiger partial charge in [-0.3, -0.25) is 4.72 Å². The van der Waals surface area contributed by atoms with Crippen LogP contribution < -0.4 is 9.46 Å². The highest BCUT2D eigenvalue weighted by molar-refractivity contribution is 7.92. The van der Waals surface area contributed by atoms with Gasteiger partial charge in [0, 0.05) is 0 Å². The summed E-state index contributed by atoms with van der Waals surface area (Å²) in [5, 5.41) is 9.06. The average molecular weight is 335 g/mol. The van der Waals surface area contributed by atoms with E-state index in [1.807, 2.05) is 6.92 Å². The summed E-state index contributed by atoms with van der Waals surface area (Å²) in [5.41, 5.74) is 0.995. The Bertz CT molecular complexity index is 813. The zero-order valence-electron chi connectivity index (χ0n) is 12.7. The van der Waals surface area contributed by atoms with Crippen LogP contribution in [0.3, 0.4) is 0 Å². The molecule has 2 rings (SSSR count). The lowest BCUT2D eigenvalue weighted by molar-refractivity contribution is 0.0697. The molecule has 0 spiro atoms. The first-order chi connectivity index (χ1) is 10.8. The number of aromatic carboxylic acids is 1. The number of carboxylic acid groups (broad SMARTS) is 1. The fourth-order valence-electron chi connectivity index (χ4n) is 1.95. The van der Waals surface area contributed by atoms with E-state index in [0.29, 0.717) is 6.61 Å². The summed E-state index contributed by atoms with van der Waals surface area (Å²) in [7, 11) is -3.84. The lowest BCUT2D eigenvalue weighted by Crippen LogP contribution is -2.14. The van der Waals surface area contributed by atoms with E-state index in [1.165, 1.54) is 30.3 Å². The number of hydrogen-bond acceptors (Lipinski definition) is 4. The molecule has 0 unspecified atom stereocenters. The number of rotatable bonds is 6. The van der Waals surface area contributed by atoms with Crippen molar-refractivity contribution in [3.05, 3.63) is 53.6 Å². The van der Waals surface area contributed by atoms with Crippen LogP contribution >= 0.6 is 0 Å². The highest BCUT2D eigenvalue weighted by atomic mass is 32.2. The molecular weight excluding hydrogens is 318 g/mol. The van der Waals surface area contributed by atoms with Crippen molar-refractivity contribution < 1.29 is 23.1 Å². The quantitative estimate of drug-likeness (QED) is 0.847. The Morgan fingerprint density at radius 3 is 2.39 bits per heavy atom. The number of carboxylic acids is 1. The summed E-state index contributed by atoms with van der Waals surface area (Å²) < 4.78 is 32.6. The van der Waals surface area contributed by atoms with Gasteiger partial charge in [0.25, 0.3) is 10.0 Å². The maximum Gasteiger partial charge on any atom is 0.335 e. The Balaban J connectivity index is 2.42. The van der Waals surface area contributed by atoms with Crippen molar-refractivity contribution in [1.29, 1.82) is 0 Å². The van der Waals surface area contributed by atoms with Gasteiger partial charge in [0.15, 0.2) is 0 Å². The molecule has 0 atom stereocenters. The van der Waals surface area contributed by atoms with Gasteiger partial charge >= 0.3 is 5.97 Å². The lowest BCUT2D eigenvalue weighted by Gasteiger charge is -2.13. The predicted molar refractivity (Wildman–Crippen MR) is 86.6 cm³/mol. The molecule has 0 aliphatic rings. The van der Waals surface area contributed by atoms with Crippen molar-refractivity contribution in [2.24, 2.45) is 0 Å². The molecule has 0 saturated heterocycles. The Morgan fingerprint density at radius 1 is 1.17 bits per heavy atom. The molecule has 122 valence electrons. The first-order valence-electron chi connectivity index (χ1n) is 6.93. The minimum atomic E-state index is -3.84. The topological polar surface area (TPSA) is 92.7 Å². The highest BCUT2D eigenvalue weighted by Gasteiger charge is 2.18. The number of ether oxygens (including phenoxy) is 1. The number of anilines is 1. The van der Waals surface area contributed by atoms with Crippen molar-refractivity contribution in [3.8, 4) is 5.75 Å². The molecule has 0 aliphatic carbocycles. The Hall–Kier alpha value is -2.54. The van der Waals surface area contributed by atoms with Crippen LogP contribution in [0, 0.1) is 6.92 Å². The molecule has 0 fully saturated rings. The molecule has 23 heavy (non-hydrogen) atoms. The third kappa shape index (κ3) is 4.01. The molecule has 0 saturated carbocycles. The maximum absolute atomic E-state index is 12.4. The van der Waals surface area contributed by atoms with Crippen molar-refractivity contribution in [1.82, 2.24) is 0 Å². The number of hydrogen-bond donors (Lipinski definition) is 2. The van der Waals surface area contributed by atoms with Crippen LogP contribution in [0.5, 0.6) is 5.75 Å². The van der Waals surface area contributed by atoms with Gasteiger partial charge in [-0.2, -0.15) is 0 Å². The molecule has 6 nitrogen and oxygen atoms in total. The normalized spacial score (nSPS) is 11.0. The Kier molecular flexibility index (Phi) is 4.90. The number of benzene rings is 2. The maximum atomic E-state index is 12.4. The number of nitrogens with one attached hydrogen (secondary N) is 1. The van der Waals surface area contributed by atoms with E-state index < -0.39 is 16.0 Å². The third-order valence-electron chi connectivity index (χ3n) is 3.10. The number of carbonyl (C=O) groups is 1. The molecular formula is C16H17NO5S. The molecule has 0 heterocycles. The van der Waals surface area contributed by atoms with Crippen LogP contribution in [0.25, 0.3) is 0 Å². The van der Waals surface area contributed by atoms with E-state index in [0.717, 1.165) is 5.56 Å². The van der Waals surface area contributed by atoms with E-state index >= 15 is 0 Å². The van der Waals surface area contributed by atoms with Gasteiger partial charge in [0.2, 0.25) is 0 Å². The molecule has 0 amide bonds. The number of sulfonamides is 1. The summed E-state index contributed by atoms with van der Waals surface area (Å²) in [6.45, 7) is 3.93. The molecule has 2 N–H and O–H groups in total. The molecule has 0 aromatic heterocycles. The van der Waals surface area contributed by atoms with Crippen LogP contribution in [0.2, 0.25) is 0 Å².